The standard InChI is InChI=1S/C18H24N4O4S3/c23-14(6-2-1-5-13-16-11(9-27-13)21-18(26)22-16)20-12(17(24)25)10-28-29-15-7-3-4-8-19-15/h3-4,7-8,11-13,16H,1-2,5-6,9-10H2,(H,20,23)(H,24,25)(H2,21,22,26)/t11-,12+,13-,16-/m0/s1. The Hall–Kier alpha value is -1.59. The van der Waals surface area contributed by atoms with Gasteiger partial charge in [-0.05, 0) is 35.8 Å². The van der Waals surface area contributed by atoms with Crippen molar-refractivity contribution in [3.05, 3.63) is 24.4 Å². The summed E-state index contributed by atoms with van der Waals surface area (Å²) in [6.07, 6.45) is 4.48. The molecule has 0 bridgehead atoms. The maximum absolute atomic E-state index is 12.1. The molecular weight excluding hydrogens is 432 g/mol. The number of urea groups is 1. The minimum atomic E-state index is -1.04. The van der Waals surface area contributed by atoms with E-state index in [1.807, 2.05) is 30.0 Å². The highest BCUT2D eigenvalue weighted by molar-refractivity contribution is 8.76. The number of carboxylic acids is 1. The minimum Gasteiger partial charge on any atom is -0.480 e. The van der Waals surface area contributed by atoms with Crippen LogP contribution < -0.4 is 16.0 Å². The third kappa shape index (κ3) is 6.71. The Kier molecular flexibility index (Phi) is 8.37. The highest BCUT2D eigenvalue weighted by Gasteiger charge is 2.42. The monoisotopic (exact) mass is 456 g/mol. The third-order valence-electron chi connectivity index (χ3n) is 4.73. The van der Waals surface area contributed by atoms with Crippen molar-refractivity contribution < 1.29 is 19.5 Å². The Morgan fingerprint density at radius 3 is 2.97 bits per heavy atom. The normalized spacial score (nSPS) is 23.7. The molecule has 3 amide bonds. The Bertz CT molecular complexity index is 724. The highest BCUT2D eigenvalue weighted by atomic mass is 33.1. The molecule has 2 aliphatic rings. The number of rotatable bonds is 11. The van der Waals surface area contributed by atoms with E-state index in [-0.39, 0.29) is 29.8 Å². The van der Waals surface area contributed by atoms with E-state index in [4.69, 9.17) is 0 Å². The molecule has 8 nitrogen and oxygen atoms in total. The zero-order valence-corrected chi connectivity index (χ0v) is 18.2. The van der Waals surface area contributed by atoms with Gasteiger partial charge in [0.15, 0.2) is 0 Å². The summed E-state index contributed by atoms with van der Waals surface area (Å²) in [7, 11) is 2.74. The van der Waals surface area contributed by atoms with Gasteiger partial charge in [-0.15, -0.1) is 0 Å². The van der Waals surface area contributed by atoms with E-state index in [1.54, 1.807) is 6.20 Å². The van der Waals surface area contributed by atoms with Crippen LogP contribution in [0.15, 0.2) is 29.4 Å². The average molecular weight is 457 g/mol. The Balaban J connectivity index is 1.31. The lowest BCUT2D eigenvalue weighted by molar-refractivity contribution is -0.141. The summed E-state index contributed by atoms with van der Waals surface area (Å²) in [4.78, 5) is 39.1. The van der Waals surface area contributed by atoms with Crippen LogP contribution in [0.5, 0.6) is 0 Å². The van der Waals surface area contributed by atoms with Crippen LogP contribution in [0.2, 0.25) is 0 Å². The van der Waals surface area contributed by atoms with Gasteiger partial charge in [0.05, 0.1) is 12.1 Å². The molecule has 158 valence electrons. The predicted molar refractivity (Wildman–Crippen MR) is 116 cm³/mol. The summed E-state index contributed by atoms with van der Waals surface area (Å²) in [6, 6.07) is 4.90. The lowest BCUT2D eigenvalue weighted by Gasteiger charge is -2.17. The largest absolute Gasteiger partial charge is 0.480 e. The van der Waals surface area contributed by atoms with Gasteiger partial charge in [-0.3, -0.25) is 4.79 Å². The Morgan fingerprint density at radius 2 is 2.21 bits per heavy atom. The maximum atomic E-state index is 12.1. The van der Waals surface area contributed by atoms with Crippen LogP contribution in [0.4, 0.5) is 4.79 Å². The number of nitrogens with one attached hydrogen (secondary N) is 3. The van der Waals surface area contributed by atoms with Crippen molar-refractivity contribution >= 4 is 51.3 Å². The first-order valence-electron chi connectivity index (χ1n) is 9.44. The van der Waals surface area contributed by atoms with Gasteiger partial charge in [0, 0.05) is 29.4 Å². The van der Waals surface area contributed by atoms with Crippen LogP contribution in [0.1, 0.15) is 25.7 Å². The van der Waals surface area contributed by atoms with E-state index < -0.39 is 12.0 Å². The molecule has 2 fully saturated rings. The van der Waals surface area contributed by atoms with Gasteiger partial charge in [0.2, 0.25) is 5.91 Å². The number of nitrogens with zero attached hydrogens (tertiary/aromatic N) is 1. The lowest BCUT2D eigenvalue weighted by atomic mass is 10.0. The van der Waals surface area contributed by atoms with E-state index in [2.05, 4.69) is 20.9 Å². The number of aliphatic carboxylic acids is 1. The second-order valence-electron chi connectivity index (χ2n) is 6.86. The van der Waals surface area contributed by atoms with Crippen molar-refractivity contribution in [2.45, 2.75) is 54.1 Å². The molecule has 2 saturated heterocycles. The van der Waals surface area contributed by atoms with E-state index >= 15 is 0 Å². The number of carbonyl (C=O) groups is 3. The molecule has 11 heteroatoms. The molecule has 4 N–H and O–H groups in total. The zero-order valence-electron chi connectivity index (χ0n) is 15.7. The molecule has 1 aromatic heterocycles. The second-order valence-corrected chi connectivity index (χ2v) is 10.5. The van der Waals surface area contributed by atoms with E-state index in [9.17, 15) is 19.5 Å². The first-order chi connectivity index (χ1) is 14.0. The number of hydrogen-bond donors (Lipinski definition) is 4. The van der Waals surface area contributed by atoms with Gasteiger partial charge in [0.1, 0.15) is 11.1 Å². The number of carbonyl (C=O) groups excluding carboxylic acids is 2. The fourth-order valence-corrected chi connectivity index (χ4v) is 6.88. The number of amides is 3. The quantitative estimate of drug-likeness (QED) is 0.227. The van der Waals surface area contributed by atoms with Crippen LogP contribution in [0, 0.1) is 0 Å². The van der Waals surface area contributed by atoms with Crippen LogP contribution in [-0.4, -0.2) is 62.9 Å². The van der Waals surface area contributed by atoms with E-state index in [1.165, 1.54) is 21.6 Å². The van der Waals surface area contributed by atoms with E-state index in [0.29, 0.717) is 18.1 Å². The van der Waals surface area contributed by atoms with Crippen molar-refractivity contribution in [1.29, 1.82) is 0 Å². The second kappa shape index (κ2) is 11.0. The molecule has 0 saturated carbocycles. The number of unbranched alkanes of at least 4 members (excludes halogenated alkanes) is 1. The number of aromatic nitrogens is 1. The number of carboxylic acid groups (broad SMARTS) is 1. The summed E-state index contributed by atoms with van der Waals surface area (Å²) in [5, 5.41) is 19.0. The number of fused-ring (bicyclic) bond motifs is 1. The fraction of sp³-hybridized carbons (Fsp3) is 0.556. The maximum Gasteiger partial charge on any atom is 0.327 e. The predicted octanol–water partition coefficient (Wildman–Crippen LogP) is 2.12. The van der Waals surface area contributed by atoms with Gasteiger partial charge < -0.3 is 21.1 Å². The molecule has 3 rings (SSSR count). The summed E-state index contributed by atoms with van der Waals surface area (Å²) in [5.41, 5.74) is 0. The van der Waals surface area contributed by atoms with Crippen molar-refractivity contribution in [1.82, 2.24) is 20.9 Å². The molecule has 29 heavy (non-hydrogen) atoms. The minimum absolute atomic E-state index is 0.0940. The molecular formula is C18H24N4O4S3. The van der Waals surface area contributed by atoms with Crippen molar-refractivity contribution in [2.24, 2.45) is 0 Å². The van der Waals surface area contributed by atoms with Crippen molar-refractivity contribution in [3.63, 3.8) is 0 Å². The van der Waals surface area contributed by atoms with Crippen LogP contribution in [0.3, 0.4) is 0 Å². The SMILES string of the molecule is O=C(CCCC[C@@H]1SC[C@@H]2NC(=O)N[C@@H]21)N[C@H](CSSc1ccccn1)C(=O)O. The van der Waals surface area contributed by atoms with Crippen molar-refractivity contribution in [3.8, 4) is 0 Å². The highest BCUT2D eigenvalue weighted by Crippen LogP contribution is 2.33. The molecule has 2 aliphatic heterocycles. The smallest absolute Gasteiger partial charge is 0.327 e. The number of hydrogen-bond acceptors (Lipinski definition) is 7. The van der Waals surface area contributed by atoms with Gasteiger partial charge >= 0.3 is 12.0 Å². The Morgan fingerprint density at radius 1 is 1.34 bits per heavy atom. The van der Waals surface area contributed by atoms with Crippen LogP contribution in [0.25, 0.3) is 0 Å². The molecule has 4 atom stereocenters. The molecule has 0 aliphatic carbocycles. The zero-order chi connectivity index (χ0) is 20.6. The van der Waals surface area contributed by atoms with Gasteiger partial charge in [-0.2, -0.15) is 11.8 Å². The lowest BCUT2D eigenvalue weighted by Crippen LogP contribution is -2.42. The molecule has 3 heterocycles. The van der Waals surface area contributed by atoms with Gasteiger partial charge in [-0.25, -0.2) is 14.6 Å². The van der Waals surface area contributed by atoms with Gasteiger partial charge in [0.25, 0.3) is 0 Å². The van der Waals surface area contributed by atoms with Crippen molar-refractivity contribution in [2.75, 3.05) is 11.5 Å². The first kappa shape index (κ1) is 22.1. The summed E-state index contributed by atoms with van der Waals surface area (Å²) >= 11 is 1.85. The molecule has 0 radical (unpaired) electrons. The summed E-state index contributed by atoms with van der Waals surface area (Å²) in [6.45, 7) is 0. The molecule has 0 unspecified atom stereocenters. The molecule has 1 aromatic rings. The fourth-order valence-electron chi connectivity index (χ4n) is 3.27. The molecule has 0 spiro atoms. The van der Waals surface area contributed by atoms with Crippen LogP contribution in [-0.2, 0) is 9.59 Å². The van der Waals surface area contributed by atoms with Crippen LogP contribution >= 0.6 is 33.3 Å². The third-order valence-corrected chi connectivity index (χ3v) is 8.51. The topological polar surface area (TPSA) is 120 Å². The summed E-state index contributed by atoms with van der Waals surface area (Å²) < 4.78 is 0. The van der Waals surface area contributed by atoms with E-state index in [0.717, 1.165) is 23.6 Å². The number of thioether (sulfide) groups is 1. The Labute approximate surface area is 181 Å². The first-order valence-corrected chi connectivity index (χ1v) is 12.8. The van der Waals surface area contributed by atoms with Gasteiger partial charge in [-0.1, -0.05) is 23.3 Å². The average Bonchev–Trinajstić information content (AvgIpc) is 3.24. The molecule has 0 aromatic carbocycles. The number of pyridine rings is 1. The summed E-state index contributed by atoms with van der Waals surface area (Å²) in [5.74, 6) is -0.0984.